The number of amides is 7. The second kappa shape index (κ2) is 22.1. The van der Waals surface area contributed by atoms with Gasteiger partial charge in [-0.15, -0.1) is 0 Å². The maximum absolute atomic E-state index is 13.7. The monoisotopic (exact) mass is 787 g/mol. The lowest BCUT2D eigenvalue weighted by Gasteiger charge is -2.30. The predicted octanol–water partition coefficient (Wildman–Crippen LogP) is 1.71. The molecule has 1 fully saturated rings. The second-order valence-corrected chi connectivity index (χ2v) is 16.7. The molecule has 56 heavy (non-hydrogen) atoms. The van der Waals surface area contributed by atoms with Crippen molar-refractivity contribution in [2.75, 3.05) is 0 Å². The highest BCUT2D eigenvalue weighted by molar-refractivity contribution is 5.94. The van der Waals surface area contributed by atoms with E-state index in [4.69, 9.17) is 10.5 Å². The summed E-state index contributed by atoms with van der Waals surface area (Å²) in [4.78, 5) is 91.3. The molecule has 0 aliphatic carbocycles. The van der Waals surface area contributed by atoms with Gasteiger partial charge in [-0.3, -0.25) is 28.8 Å². The molecular weight excluding hydrogens is 722 g/mol. The van der Waals surface area contributed by atoms with Gasteiger partial charge in [-0.2, -0.15) is 0 Å². The molecule has 0 bridgehead atoms. The molecule has 1 aliphatic rings. The first kappa shape index (κ1) is 47.4. The molecule has 7 amide bonds. The third kappa shape index (κ3) is 17.0. The van der Waals surface area contributed by atoms with Gasteiger partial charge in [-0.25, -0.2) is 4.79 Å². The zero-order valence-electron chi connectivity index (χ0n) is 34.4. The summed E-state index contributed by atoms with van der Waals surface area (Å²) >= 11 is 0. The maximum atomic E-state index is 13.7. The first-order chi connectivity index (χ1) is 26.1. The van der Waals surface area contributed by atoms with E-state index in [9.17, 15) is 38.7 Å². The zero-order valence-corrected chi connectivity index (χ0v) is 34.4. The van der Waals surface area contributed by atoms with Gasteiger partial charge in [0, 0.05) is 18.9 Å². The number of aliphatic hydroxyl groups excluding tert-OH is 1. The Morgan fingerprint density at radius 3 is 2.05 bits per heavy atom. The lowest BCUT2D eigenvalue weighted by molar-refractivity contribution is -0.134. The van der Waals surface area contributed by atoms with Crippen molar-refractivity contribution in [3.05, 3.63) is 35.9 Å². The Bertz CT molecular complexity index is 1500. The van der Waals surface area contributed by atoms with Crippen LogP contribution in [-0.2, 0) is 39.9 Å². The minimum Gasteiger partial charge on any atom is -0.444 e. The van der Waals surface area contributed by atoms with Crippen LogP contribution in [0.15, 0.2) is 30.3 Å². The molecule has 8 atom stereocenters. The Hall–Kier alpha value is -4.73. The molecule has 16 nitrogen and oxygen atoms in total. The average molecular weight is 788 g/mol. The van der Waals surface area contributed by atoms with Gasteiger partial charge in [0.05, 0.1) is 31.0 Å². The molecule has 16 heteroatoms. The highest BCUT2D eigenvalue weighted by Gasteiger charge is 2.37. The lowest BCUT2D eigenvalue weighted by Crippen LogP contribution is -2.58. The van der Waals surface area contributed by atoms with E-state index in [0.717, 1.165) is 0 Å². The van der Waals surface area contributed by atoms with Crippen molar-refractivity contribution in [3.8, 4) is 0 Å². The number of aliphatic hydroxyl groups is 1. The van der Waals surface area contributed by atoms with Gasteiger partial charge >= 0.3 is 6.09 Å². The smallest absolute Gasteiger partial charge is 0.408 e. The Labute approximate surface area is 331 Å². The van der Waals surface area contributed by atoms with Crippen molar-refractivity contribution < 1.29 is 43.4 Å². The topological polar surface area (TPSA) is 247 Å². The van der Waals surface area contributed by atoms with Crippen LogP contribution in [0.2, 0.25) is 0 Å². The van der Waals surface area contributed by atoms with Crippen molar-refractivity contribution in [1.29, 1.82) is 0 Å². The summed E-state index contributed by atoms with van der Waals surface area (Å²) < 4.78 is 5.35. The van der Waals surface area contributed by atoms with Crippen LogP contribution in [0.25, 0.3) is 0 Å². The number of primary amides is 1. The Balaban J connectivity index is 2.22. The van der Waals surface area contributed by atoms with Crippen LogP contribution in [-0.4, -0.2) is 94.6 Å². The zero-order chi connectivity index (χ0) is 42.3. The number of nitrogens with one attached hydrogen (secondary N) is 6. The fourth-order valence-electron chi connectivity index (χ4n) is 6.43. The van der Waals surface area contributed by atoms with Gasteiger partial charge in [0.15, 0.2) is 0 Å². The number of carbonyl (C=O) groups excluding carboxylic acids is 7. The van der Waals surface area contributed by atoms with Crippen LogP contribution in [0.1, 0.15) is 106 Å². The summed E-state index contributed by atoms with van der Waals surface area (Å²) in [6.07, 6.45) is -1.78. The standard InChI is InChI=1S/C40H65N7O9/c1-10-24(6)35(38(54)43-27-20-33(50)42-26(27)16-22(2)3)47-34(51)21-31(48)28(17-23(4)5)44-37(53)30(19-32(41)49)45-36(52)29(18-25-14-12-11-13-15-25)46-39(55)56-40(7,8)9/h11-15,22-24,26-31,35,48H,10,16-21H2,1-9H3,(H2,41,49)(H,42,50)(H,43,54)(H,44,53)(H,45,52)(H,46,55)(H,47,51)/t24-,26-,27-,28-,29-,30-,31-,35-/m0/s1. The number of hydrogen-bond acceptors (Lipinski definition) is 9. The SMILES string of the molecule is CC[C@H](C)[C@H](NC(=O)C[C@H](O)[C@H](CC(C)C)NC(=O)[C@H](CC(N)=O)NC(=O)[C@H](Cc1ccccc1)NC(=O)OC(C)(C)C)C(=O)N[C@H]1CC(=O)N[C@H]1CC(C)C. The van der Waals surface area contributed by atoms with E-state index in [1.54, 1.807) is 51.1 Å². The van der Waals surface area contributed by atoms with E-state index in [-0.39, 0.29) is 49.0 Å². The predicted molar refractivity (Wildman–Crippen MR) is 210 cm³/mol. The third-order valence-corrected chi connectivity index (χ3v) is 9.34. The third-order valence-electron chi connectivity index (χ3n) is 9.34. The molecule has 1 saturated heterocycles. The van der Waals surface area contributed by atoms with Gasteiger partial charge in [0.25, 0.3) is 0 Å². The van der Waals surface area contributed by atoms with Crippen LogP contribution >= 0.6 is 0 Å². The first-order valence-corrected chi connectivity index (χ1v) is 19.6. The molecule has 9 N–H and O–H groups in total. The van der Waals surface area contributed by atoms with Gasteiger partial charge in [-0.1, -0.05) is 78.3 Å². The van der Waals surface area contributed by atoms with Gasteiger partial charge in [-0.05, 0) is 56.9 Å². The molecule has 0 spiro atoms. The Morgan fingerprint density at radius 1 is 0.875 bits per heavy atom. The molecule has 0 aromatic heterocycles. The second-order valence-electron chi connectivity index (χ2n) is 16.7. The Kier molecular flexibility index (Phi) is 18.7. The fraction of sp³-hybridized carbons (Fsp3) is 0.675. The average Bonchev–Trinajstić information content (AvgIpc) is 3.41. The molecule has 2 rings (SSSR count). The van der Waals surface area contributed by atoms with E-state index >= 15 is 0 Å². The largest absolute Gasteiger partial charge is 0.444 e. The fourth-order valence-corrected chi connectivity index (χ4v) is 6.43. The van der Waals surface area contributed by atoms with Crippen LogP contribution in [0.3, 0.4) is 0 Å². The van der Waals surface area contributed by atoms with E-state index < -0.39 is 90.4 Å². The van der Waals surface area contributed by atoms with Crippen LogP contribution in [0, 0.1) is 17.8 Å². The van der Waals surface area contributed by atoms with Crippen LogP contribution in [0.5, 0.6) is 0 Å². The molecule has 1 aromatic carbocycles. The number of ether oxygens (including phenoxy) is 1. The first-order valence-electron chi connectivity index (χ1n) is 19.6. The number of benzene rings is 1. The molecular formula is C40H65N7O9. The van der Waals surface area contributed by atoms with Crippen LogP contribution < -0.4 is 37.6 Å². The van der Waals surface area contributed by atoms with E-state index in [1.165, 1.54) is 0 Å². The lowest BCUT2D eigenvalue weighted by atomic mass is 9.94. The normalized spacial score (nSPS) is 18.8. The van der Waals surface area contributed by atoms with Crippen LogP contribution in [0.4, 0.5) is 4.79 Å². The molecule has 1 aliphatic heterocycles. The van der Waals surface area contributed by atoms with Crippen molar-refractivity contribution in [2.45, 2.75) is 155 Å². The summed E-state index contributed by atoms with van der Waals surface area (Å²) in [7, 11) is 0. The number of carbonyl (C=O) groups is 7. The Morgan fingerprint density at radius 2 is 1.50 bits per heavy atom. The molecule has 1 aromatic rings. The summed E-state index contributed by atoms with van der Waals surface area (Å²) in [5, 5.41) is 27.7. The summed E-state index contributed by atoms with van der Waals surface area (Å²) in [5.41, 5.74) is 5.31. The highest BCUT2D eigenvalue weighted by Crippen LogP contribution is 2.19. The van der Waals surface area contributed by atoms with E-state index in [1.807, 2.05) is 41.5 Å². The van der Waals surface area contributed by atoms with E-state index in [0.29, 0.717) is 18.4 Å². The van der Waals surface area contributed by atoms with Crippen molar-refractivity contribution in [3.63, 3.8) is 0 Å². The molecule has 0 unspecified atom stereocenters. The number of hydrogen-bond donors (Lipinski definition) is 8. The summed E-state index contributed by atoms with van der Waals surface area (Å²) in [6, 6.07) is 3.50. The van der Waals surface area contributed by atoms with Gasteiger partial charge < -0.3 is 47.5 Å². The molecule has 0 saturated carbocycles. The van der Waals surface area contributed by atoms with Crippen molar-refractivity contribution >= 4 is 41.5 Å². The minimum absolute atomic E-state index is 0.0322. The van der Waals surface area contributed by atoms with E-state index in [2.05, 4.69) is 31.9 Å². The quantitative estimate of drug-likeness (QED) is 0.0903. The highest BCUT2D eigenvalue weighted by atomic mass is 16.6. The molecule has 1 heterocycles. The van der Waals surface area contributed by atoms with Crippen molar-refractivity contribution in [2.24, 2.45) is 23.5 Å². The van der Waals surface area contributed by atoms with Crippen molar-refractivity contribution in [1.82, 2.24) is 31.9 Å². The molecule has 314 valence electrons. The minimum atomic E-state index is -1.50. The number of nitrogens with two attached hydrogens (primary N) is 1. The van der Waals surface area contributed by atoms with Gasteiger partial charge in [0.2, 0.25) is 35.4 Å². The van der Waals surface area contributed by atoms with Gasteiger partial charge in [0.1, 0.15) is 23.7 Å². The molecule has 0 radical (unpaired) electrons. The number of alkyl carbamates (subject to hydrolysis) is 1. The maximum Gasteiger partial charge on any atom is 0.408 e. The summed E-state index contributed by atoms with van der Waals surface area (Å²) in [5.74, 6) is -3.85. The number of rotatable bonds is 21. The summed E-state index contributed by atoms with van der Waals surface area (Å²) in [6.45, 7) is 16.4.